The Morgan fingerprint density at radius 2 is 0.865 bits per heavy atom. The van der Waals surface area contributed by atoms with Crippen molar-refractivity contribution in [1.82, 2.24) is 15.6 Å². The van der Waals surface area contributed by atoms with Crippen LogP contribution in [0.1, 0.15) is 0 Å². The normalized spacial score (nSPS) is 37.9. The molecule has 4 aliphatic heterocycles. The van der Waals surface area contributed by atoms with E-state index in [0.29, 0.717) is 0 Å². The number of aliphatic hydroxyl groups is 4. The second-order valence-corrected chi connectivity index (χ2v) is 21.6. The molecular weight excluding hydrogens is 1170 g/mol. The van der Waals surface area contributed by atoms with Gasteiger partial charge in [0.2, 0.25) is 0 Å². The number of aliphatic carboxylic acids is 2. The van der Waals surface area contributed by atoms with Gasteiger partial charge in [0, 0.05) is 14.2 Å². The van der Waals surface area contributed by atoms with Gasteiger partial charge in [-0.2, -0.15) is 66.1 Å². The van der Waals surface area contributed by atoms with Crippen LogP contribution in [0.2, 0.25) is 0 Å². The molecule has 2 radical (unpaired) electrons. The summed E-state index contributed by atoms with van der Waals surface area (Å²) in [6, 6.07) is -5.20. The first-order chi connectivity index (χ1) is 33.1. The molecule has 42 nitrogen and oxygen atoms in total. The Kier molecular flexibility index (Phi) is 22.4. The fraction of sp³-hybridized carbons (Fsp3) is 0.923. The van der Waals surface area contributed by atoms with Gasteiger partial charge < -0.3 is 73.3 Å². The summed E-state index contributed by atoms with van der Waals surface area (Å²) in [5, 5.41) is 65.0. The molecular formula is C26H45N3O39S6. The Morgan fingerprint density at radius 3 is 1.31 bits per heavy atom. The van der Waals surface area contributed by atoms with Gasteiger partial charge in [0.25, 0.3) is 0 Å². The van der Waals surface area contributed by atoms with Crippen molar-refractivity contribution in [3.8, 4) is 0 Å². The second-order valence-electron chi connectivity index (χ2n) is 15.0. The summed E-state index contributed by atoms with van der Waals surface area (Å²) < 4.78 is 266. The third kappa shape index (κ3) is 18.4. The molecule has 0 spiro atoms. The minimum absolute atomic E-state index is 0. The van der Waals surface area contributed by atoms with Crippen LogP contribution in [0.3, 0.4) is 0 Å². The van der Waals surface area contributed by atoms with Crippen molar-refractivity contribution in [1.29, 1.82) is 0 Å². The second kappa shape index (κ2) is 25.2. The first-order valence-electron chi connectivity index (χ1n) is 19.0. The van der Waals surface area contributed by atoms with E-state index >= 15 is 0 Å². The van der Waals surface area contributed by atoms with Gasteiger partial charge in [0.15, 0.2) is 43.5 Å². The SMILES string of the molecule is CO[C@@H]1OC(COS(=O)(=O)O)[C@H](O[C@@H]2OC(C(=O)O)[C@H](O[C@@H]3OC(COS(=O)(=O)O)[C@H](O[C@@H]4OC(C(=O)O)[C@H](OC)[C@H](O)[C@@H]4OS(=O)(=O)O)[C@H](O)[C@@H]3NS(=O)(=O)O)[C@H](O)[C@@H]2O)[C@H](OS(=O)(=O)O)[C@@H]1NS(=O)(=O)O.[NH]. The van der Waals surface area contributed by atoms with Gasteiger partial charge in [-0.05, 0) is 0 Å². The van der Waals surface area contributed by atoms with E-state index in [-0.39, 0.29) is 6.15 Å². The minimum atomic E-state index is -5.87. The van der Waals surface area contributed by atoms with Crippen LogP contribution in [-0.2, 0) is 131 Å². The molecule has 0 aromatic heterocycles. The quantitative estimate of drug-likeness (QED) is 0.0399. The maximum Gasteiger partial charge on any atom is 0.397 e. The molecule has 4 aliphatic rings. The molecule has 15 N–H and O–H groups in total. The van der Waals surface area contributed by atoms with Gasteiger partial charge in [0.1, 0.15) is 79.2 Å². The largest absolute Gasteiger partial charge is 0.479 e. The number of carboxylic acids is 2. The van der Waals surface area contributed by atoms with Crippen LogP contribution in [0.15, 0.2) is 0 Å². The standard InChI is InChI=1S/C26H44N2O39S6.HN/c1-55-16-12(32)18(67-73(52,53)54)26(65-19(16)21(33)34)61-13-5(3-57-70(43,44)45)60-24(7(9(13)29)27-68(37,38)39)63-17-10(30)11(31)25(64-20(17)22(35)36)62-14-6(4-58-71(46,47)48)59-23(56-2)8(28-69(40,41)42)15(14)66-72(49,50)51;/h5-20,23-32H,3-4H2,1-2H3,(H,33,34)(H,35,36)(H,37,38,39)(H,40,41,42)(H,43,44,45)(H,46,47,48)(H,49,50,51)(H,52,53,54);1H/t5?,6?,7-,8-,9+,10+,11-,12-,13-,14-,15+,16+,17+,18-,19?,20?,23+,24-,25+,26+;/m0./s1. The zero-order valence-corrected chi connectivity index (χ0v) is 41.2. The van der Waals surface area contributed by atoms with Crippen molar-refractivity contribution in [2.75, 3.05) is 27.4 Å². The summed E-state index contributed by atoms with van der Waals surface area (Å²) in [7, 11) is -32.5. The number of nitrogens with one attached hydrogen (secondary N) is 3. The van der Waals surface area contributed by atoms with E-state index in [1.807, 2.05) is 0 Å². The van der Waals surface area contributed by atoms with Gasteiger partial charge in [-0.3, -0.25) is 27.3 Å². The number of hydrogen-bond acceptors (Lipinski definition) is 31. The number of rotatable bonds is 24. The van der Waals surface area contributed by atoms with E-state index in [1.165, 1.54) is 9.44 Å². The van der Waals surface area contributed by atoms with Crippen molar-refractivity contribution < 1.29 is 177 Å². The molecule has 434 valence electrons. The third-order valence-electron chi connectivity index (χ3n) is 10.0. The molecule has 48 heteroatoms. The van der Waals surface area contributed by atoms with Gasteiger partial charge in [0.05, 0.1) is 13.2 Å². The summed E-state index contributed by atoms with van der Waals surface area (Å²) in [5.74, 6) is -4.30. The van der Waals surface area contributed by atoms with E-state index in [4.69, 9.17) is 42.6 Å². The lowest BCUT2D eigenvalue weighted by atomic mass is 9.94. The van der Waals surface area contributed by atoms with Crippen molar-refractivity contribution in [3.63, 3.8) is 0 Å². The molecule has 74 heavy (non-hydrogen) atoms. The first-order valence-corrected chi connectivity index (χ1v) is 27.3. The van der Waals surface area contributed by atoms with Crippen molar-refractivity contribution >= 4 is 74.1 Å². The number of carboxylic acid groups (broad SMARTS) is 2. The van der Waals surface area contributed by atoms with Crippen LogP contribution in [0.4, 0.5) is 0 Å². The molecule has 0 aliphatic carbocycles. The Morgan fingerprint density at radius 1 is 0.446 bits per heavy atom. The van der Waals surface area contributed by atoms with Gasteiger partial charge in [-0.15, -0.1) is 0 Å². The number of aliphatic hydroxyl groups excluding tert-OH is 4. The maximum absolute atomic E-state index is 12.7. The number of ether oxygens (including phenoxy) is 9. The molecule has 4 saturated heterocycles. The molecule has 0 aromatic carbocycles. The van der Waals surface area contributed by atoms with Crippen LogP contribution < -0.4 is 15.6 Å². The van der Waals surface area contributed by atoms with Gasteiger partial charge in [-0.1, -0.05) is 0 Å². The molecule has 20 atom stereocenters. The minimum Gasteiger partial charge on any atom is -0.479 e. The molecule has 0 bridgehead atoms. The average Bonchev–Trinajstić information content (AvgIpc) is 3.21. The van der Waals surface area contributed by atoms with E-state index < -0.39 is 210 Å². The summed E-state index contributed by atoms with van der Waals surface area (Å²) in [6.07, 6.45) is -47.4. The van der Waals surface area contributed by atoms with Gasteiger partial charge >= 0.3 is 74.1 Å². The van der Waals surface area contributed by atoms with Gasteiger partial charge in [-0.25, -0.2) is 26.3 Å². The van der Waals surface area contributed by atoms with Crippen LogP contribution in [0.5, 0.6) is 0 Å². The monoisotopic (exact) mass is 1210 g/mol. The number of hydrogen-bond donors (Lipinski definition) is 14. The van der Waals surface area contributed by atoms with Crippen molar-refractivity contribution in [3.05, 3.63) is 0 Å². The fourth-order valence-electron chi connectivity index (χ4n) is 7.30. The highest BCUT2D eigenvalue weighted by Crippen LogP contribution is 2.37. The summed E-state index contributed by atoms with van der Waals surface area (Å²) in [5.41, 5.74) is 0. The Labute approximate surface area is 416 Å². The molecule has 0 aromatic rings. The van der Waals surface area contributed by atoms with Crippen LogP contribution in [0, 0.1) is 0 Å². The Bertz CT molecular complexity index is 2620. The predicted molar refractivity (Wildman–Crippen MR) is 214 cm³/mol. The highest BCUT2D eigenvalue weighted by molar-refractivity contribution is 7.84. The summed E-state index contributed by atoms with van der Waals surface area (Å²) >= 11 is 0. The first kappa shape index (κ1) is 65.9. The Hall–Kier alpha value is -2.40. The maximum atomic E-state index is 12.7. The highest BCUT2D eigenvalue weighted by atomic mass is 32.3. The zero-order valence-electron chi connectivity index (χ0n) is 36.3. The topological polar surface area (TPSA) is 658 Å². The smallest absolute Gasteiger partial charge is 0.397 e. The van der Waals surface area contributed by atoms with Crippen LogP contribution >= 0.6 is 0 Å². The van der Waals surface area contributed by atoms with Crippen molar-refractivity contribution in [2.45, 2.75) is 123 Å². The van der Waals surface area contributed by atoms with E-state index in [1.54, 1.807) is 0 Å². The van der Waals surface area contributed by atoms with Crippen LogP contribution in [0.25, 0.3) is 0 Å². The fourth-order valence-corrected chi connectivity index (χ4v) is 10.1. The number of methoxy groups -OCH3 is 2. The predicted octanol–water partition coefficient (Wildman–Crippen LogP) is -10.4. The number of carbonyl (C=O) groups is 2. The molecule has 4 rings (SSSR count). The summed E-state index contributed by atoms with van der Waals surface area (Å²) in [4.78, 5) is 24.8. The Balaban J connectivity index is 0.0000144. The lowest BCUT2D eigenvalue weighted by Crippen LogP contribution is -2.70. The van der Waals surface area contributed by atoms with Crippen molar-refractivity contribution in [2.24, 2.45) is 0 Å². The molecule has 4 fully saturated rings. The highest BCUT2D eigenvalue weighted by Gasteiger charge is 2.59. The van der Waals surface area contributed by atoms with E-state index in [2.05, 4.69) is 16.7 Å². The third-order valence-corrected chi connectivity index (χ3v) is 13.0. The average molecular weight is 1220 g/mol. The molecule has 4 heterocycles. The zero-order chi connectivity index (χ0) is 55.7. The lowest BCUT2D eigenvalue weighted by molar-refractivity contribution is -0.369. The van der Waals surface area contributed by atoms with E-state index in [0.717, 1.165) is 14.2 Å². The molecule has 0 saturated carbocycles. The summed E-state index contributed by atoms with van der Waals surface area (Å²) in [6.45, 7) is -3.22. The molecule has 4 unspecified atom stereocenters. The molecule has 0 amide bonds. The van der Waals surface area contributed by atoms with Crippen LogP contribution in [-0.4, -0.2) is 271 Å². The lowest BCUT2D eigenvalue weighted by Gasteiger charge is -2.49. The van der Waals surface area contributed by atoms with E-state index in [9.17, 15) is 118 Å².